The summed E-state index contributed by atoms with van der Waals surface area (Å²) in [7, 11) is -3.29. The van der Waals surface area contributed by atoms with Gasteiger partial charge in [0.05, 0.1) is 29.1 Å². The van der Waals surface area contributed by atoms with E-state index in [1.54, 1.807) is 19.1 Å². The summed E-state index contributed by atoms with van der Waals surface area (Å²) in [5.41, 5.74) is 0.466. The van der Waals surface area contributed by atoms with Crippen molar-refractivity contribution in [1.29, 1.82) is 0 Å². The largest absolute Gasteiger partial charge is 0.420 e. The van der Waals surface area contributed by atoms with Gasteiger partial charge < -0.3 is 10.4 Å². The zero-order valence-electron chi connectivity index (χ0n) is 18.9. The third kappa shape index (κ3) is 5.77. The molecule has 0 amide bonds. The van der Waals surface area contributed by atoms with Crippen LogP contribution in [0.25, 0.3) is 21.1 Å². The van der Waals surface area contributed by atoms with Crippen molar-refractivity contribution < 1.29 is 26.7 Å². The Balaban J connectivity index is 1.62. The first-order chi connectivity index (χ1) is 16.5. The number of hydrogen-bond donors (Lipinski definition) is 2. The van der Waals surface area contributed by atoms with Crippen molar-refractivity contribution >= 4 is 27.3 Å². The van der Waals surface area contributed by atoms with E-state index in [-0.39, 0.29) is 29.2 Å². The van der Waals surface area contributed by atoms with E-state index in [1.807, 2.05) is 0 Å². The lowest BCUT2D eigenvalue weighted by Gasteiger charge is -2.30. The molecule has 9 nitrogen and oxygen atoms in total. The van der Waals surface area contributed by atoms with E-state index in [2.05, 4.69) is 25.3 Å². The van der Waals surface area contributed by atoms with Crippen LogP contribution >= 0.6 is 11.3 Å². The molecule has 0 bridgehead atoms. The molecule has 1 aliphatic rings. The van der Waals surface area contributed by atoms with E-state index in [9.17, 15) is 26.7 Å². The highest BCUT2D eigenvalue weighted by Crippen LogP contribution is 2.40. The van der Waals surface area contributed by atoms with E-state index in [1.165, 1.54) is 10.5 Å². The smallest absolute Gasteiger partial charge is 0.390 e. The molecule has 0 spiro atoms. The summed E-state index contributed by atoms with van der Waals surface area (Å²) in [6.45, 7) is 2.14. The average molecular weight is 529 g/mol. The molecule has 3 aromatic heterocycles. The molecular formula is C21H23F3N6O3S2. The van der Waals surface area contributed by atoms with Crippen LogP contribution in [0.3, 0.4) is 0 Å². The highest BCUT2D eigenvalue weighted by atomic mass is 32.2. The molecule has 4 rings (SSSR count). The Morgan fingerprint density at radius 1 is 1.17 bits per heavy atom. The summed E-state index contributed by atoms with van der Waals surface area (Å²) in [4.78, 5) is 16.8. The molecule has 1 aliphatic heterocycles. The molecule has 1 fully saturated rings. The van der Waals surface area contributed by atoms with Gasteiger partial charge in [0.25, 0.3) is 0 Å². The monoisotopic (exact) mass is 528 g/mol. The molecule has 4 heterocycles. The number of nitrogens with zero attached hydrogens (tertiary/aromatic N) is 5. The summed E-state index contributed by atoms with van der Waals surface area (Å²) in [6.07, 6.45) is -0.474. The quantitative estimate of drug-likeness (QED) is 0.500. The number of aromatic nitrogens is 4. The van der Waals surface area contributed by atoms with Gasteiger partial charge in [0.15, 0.2) is 0 Å². The van der Waals surface area contributed by atoms with Crippen LogP contribution in [0, 0.1) is 6.92 Å². The van der Waals surface area contributed by atoms with Crippen LogP contribution in [-0.2, 0) is 22.8 Å². The number of aliphatic hydroxyl groups excluding tert-OH is 1. The van der Waals surface area contributed by atoms with Crippen LogP contribution in [0.4, 0.5) is 19.1 Å². The van der Waals surface area contributed by atoms with Gasteiger partial charge in [-0.1, -0.05) is 0 Å². The Morgan fingerprint density at radius 3 is 2.49 bits per heavy atom. The molecule has 3 aromatic rings. The lowest BCUT2D eigenvalue weighted by atomic mass is 10.1. The van der Waals surface area contributed by atoms with Gasteiger partial charge in [-0.25, -0.2) is 27.7 Å². The fourth-order valence-corrected chi connectivity index (χ4v) is 5.67. The van der Waals surface area contributed by atoms with Crippen LogP contribution in [0.1, 0.15) is 29.8 Å². The number of piperidine rings is 1. The number of alkyl halides is 3. The van der Waals surface area contributed by atoms with Gasteiger partial charge in [0, 0.05) is 42.8 Å². The Labute approximate surface area is 204 Å². The van der Waals surface area contributed by atoms with Crippen molar-refractivity contribution in [2.45, 2.75) is 38.6 Å². The molecular weight excluding hydrogens is 505 g/mol. The Hall–Kier alpha value is -2.68. The fourth-order valence-electron chi connectivity index (χ4n) is 3.80. The molecule has 0 radical (unpaired) electrons. The van der Waals surface area contributed by atoms with Crippen molar-refractivity contribution in [3.63, 3.8) is 0 Å². The van der Waals surface area contributed by atoms with Gasteiger partial charge in [0.1, 0.15) is 10.6 Å². The van der Waals surface area contributed by atoms with Crippen molar-refractivity contribution in [1.82, 2.24) is 24.2 Å². The van der Waals surface area contributed by atoms with Crippen molar-refractivity contribution in [2.75, 3.05) is 24.7 Å². The van der Waals surface area contributed by atoms with Crippen LogP contribution in [-0.4, -0.2) is 63.2 Å². The first kappa shape index (κ1) is 25.4. The zero-order valence-corrected chi connectivity index (χ0v) is 20.5. The lowest BCUT2D eigenvalue weighted by Crippen LogP contribution is -2.42. The minimum atomic E-state index is -4.67. The summed E-state index contributed by atoms with van der Waals surface area (Å²) >= 11 is 1.05. The van der Waals surface area contributed by atoms with Gasteiger partial charge in [-0.2, -0.15) is 13.2 Å². The van der Waals surface area contributed by atoms with Gasteiger partial charge in [0.2, 0.25) is 16.0 Å². The molecule has 1 saturated heterocycles. The maximum atomic E-state index is 13.7. The Kier molecular flexibility index (Phi) is 7.09. The van der Waals surface area contributed by atoms with Crippen molar-refractivity contribution in [3.8, 4) is 21.1 Å². The second-order valence-electron chi connectivity index (χ2n) is 8.16. The van der Waals surface area contributed by atoms with Crippen molar-refractivity contribution in [3.05, 3.63) is 41.5 Å². The Bertz CT molecular complexity index is 1320. The number of pyridine rings is 1. The number of aliphatic hydroxyl groups is 1. The van der Waals surface area contributed by atoms with E-state index in [0.717, 1.165) is 23.8 Å². The number of nitrogens with one attached hydrogen (secondary N) is 1. The number of rotatable bonds is 6. The number of anilines is 1. The van der Waals surface area contributed by atoms with Crippen LogP contribution in [0.2, 0.25) is 0 Å². The maximum Gasteiger partial charge on any atom is 0.420 e. The number of halogens is 3. The first-order valence-electron chi connectivity index (χ1n) is 10.7. The number of aryl methyl sites for hydroxylation is 1. The summed E-state index contributed by atoms with van der Waals surface area (Å²) in [5.74, 6) is 0.0332. The number of thiazole rings is 1. The highest BCUT2D eigenvalue weighted by molar-refractivity contribution is 7.88. The SMILES string of the molecule is Cc1nc(CO)ccc1-c1ncc(-c2nc(NC3CCN(S(C)(=O)=O)CC3)ncc2C(F)(F)F)s1. The highest BCUT2D eigenvalue weighted by Gasteiger charge is 2.36. The molecule has 0 unspecified atom stereocenters. The second kappa shape index (κ2) is 9.76. The van der Waals surface area contributed by atoms with E-state index in [0.29, 0.717) is 47.9 Å². The minimum Gasteiger partial charge on any atom is -0.390 e. The molecule has 2 N–H and O–H groups in total. The molecule has 188 valence electrons. The first-order valence-corrected chi connectivity index (χ1v) is 13.3. The number of hydrogen-bond acceptors (Lipinski definition) is 9. The molecule has 0 atom stereocenters. The van der Waals surface area contributed by atoms with E-state index < -0.39 is 21.8 Å². The molecule has 0 saturated carbocycles. The van der Waals surface area contributed by atoms with Gasteiger partial charge in [-0.15, -0.1) is 11.3 Å². The molecule has 35 heavy (non-hydrogen) atoms. The Morgan fingerprint density at radius 2 is 1.89 bits per heavy atom. The molecule has 0 aromatic carbocycles. The summed E-state index contributed by atoms with van der Waals surface area (Å²) in [6, 6.07) is 3.18. The normalized spacial score (nSPS) is 15.9. The minimum absolute atomic E-state index is 0.0332. The summed E-state index contributed by atoms with van der Waals surface area (Å²) < 4.78 is 66.0. The molecule has 0 aliphatic carbocycles. The predicted molar refractivity (Wildman–Crippen MR) is 125 cm³/mol. The molecule has 14 heteroatoms. The predicted octanol–water partition coefficient (Wildman–Crippen LogP) is 3.32. The third-order valence-electron chi connectivity index (χ3n) is 5.63. The average Bonchev–Trinajstić information content (AvgIpc) is 3.28. The zero-order chi connectivity index (χ0) is 25.4. The van der Waals surface area contributed by atoms with E-state index in [4.69, 9.17) is 0 Å². The van der Waals surface area contributed by atoms with Gasteiger partial charge in [-0.3, -0.25) is 4.98 Å². The maximum absolute atomic E-state index is 13.7. The van der Waals surface area contributed by atoms with Crippen LogP contribution in [0.5, 0.6) is 0 Å². The standard InChI is InChI=1S/C21H23F3N6O3S2/c1-12-15(4-3-14(11-31)27-12)19-25-10-17(34-19)18-16(21(22,23)24)9-26-20(29-18)28-13-5-7-30(8-6-13)35(2,32)33/h3-4,9-10,13,31H,5-8,11H2,1-2H3,(H,26,28,29). The van der Waals surface area contributed by atoms with Crippen molar-refractivity contribution in [2.24, 2.45) is 0 Å². The lowest BCUT2D eigenvalue weighted by molar-refractivity contribution is -0.137. The fraction of sp³-hybridized carbons (Fsp3) is 0.429. The third-order valence-corrected chi connectivity index (χ3v) is 7.97. The topological polar surface area (TPSA) is 121 Å². The van der Waals surface area contributed by atoms with Crippen LogP contribution in [0.15, 0.2) is 24.5 Å². The van der Waals surface area contributed by atoms with Gasteiger partial charge >= 0.3 is 6.18 Å². The second-order valence-corrected chi connectivity index (χ2v) is 11.2. The van der Waals surface area contributed by atoms with Gasteiger partial charge in [-0.05, 0) is 31.9 Å². The summed E-state index contributed by atoms with van der Waals surface area (Å²) in [5, 5.41) is 12.8. The number of sulfonamides is 1. The van der Waals surface area contributed by atoms with Crippen LogP contribution < -0.4 is 5.32 Å². The van der Waals surface area contributed by atoms with E-state index >= 15 is 0 Å².